The molecule has 0 spiro atoms. The molecule has 0 radical (unpaired) electrons. The number of anilines is 1. The summed E-state index contributed by atoms with van der Waals surface area (Å²) in [5.74, 6) is 0.189. The summed E-state index contributed by atoms with van der Waals surface area (Å²) < 4.78 is 55.0. The van der Waals surface area contributed by atoms with Crippen molar-refractivity contribution in [1.82, 2.24) is 9.78 Å². The van der Waals surface area contributed by atoms with Crippen LogP contribution >= 0.6 is 0 Å². The van der Waals surface area contributed by atoms with Gasteiger partial charge in [0.1, 0.15) is 18.9 Å². The number of fused-ring (bicyclic) bond motifs is 1. The molecule has 0 unspecified atom stereocenters. The SMILES string of the molecule is O=C1/C(=C\c2cn(-c3ccccc3)nc2-c2ccc3c(c2)OCCO3)C(C(F)(F)F)=NN1c1ccccc1. The molecule has 10 heteroatoms. The lowest BCUT2D eigenvalue weighted by atomic mass is 10.0. The molecule has 0 N–H and O–H groups in total. The van der Waals surface area contributed by atoms with E-state index < -0.39 is 23.4 Å². The lowest BCUT2D eigenvalue weighted by Gasteiger charge is -2.18. The Hall–Kier alpha value is -4.86. The third-order valence-electron chi connectivity index (χ3n) is 6.03. The summed E-state index contributed by atoms with van der Waals surface area (Å²) in [7, 11) is 0. The highest BCUT2D eigenvalue weighted by Crippen LogP contribution is 2.37. The van der Waals surface area contributed by atoms with Crippen LogP contribution in [0.25, 0.3) is 23.0 Å². The number of carbonyl (C=O) groups excluding carboxylic acids is 1. The number of aromatic nitrogens is 2. The number of hydrogen-bond acceptors (Lipinski definition) is 5. The van der Waals surface area contributed by atoms with Crippen molar-refractivity contribution in [2.45, 2.75) is 6.18 Å². The van der Waals surface area contributed by atoms with E-state index in [0.29, 0.717) is 47.2 Å². The Morgan fingerprint density at radius 2 is 1.50 bits per heavy atom. The summed E-state index contributed by atoms with van der Waals surface area (Å²) in [6.45, 7) is 0.799. The molecule has 3 heterocycles. The Balaban J connectivity index is 1.50. The summed E-state index contributed by atoms with van der Waals surface area (Å²) in [6, 6.07) is 22.3. The maximum Gasteiger partial charge on any atom is 0.435 e. The molecule has 4 aromatic rings. The lowest BCUT2D eigenvalue weighted by molar-refractivity contribution is -0.114. The molecule has 0 aliphatic carbocycles. The van der Waals surface area contributed by atoms with Crippen LogP contribution in [0.1, 0.15) is 5.56 Å². The molecule has 7 nitrogen and oxygen atoms in total. The van der Waals surface area contributed by atoms with Crippen molar-refractivity contribution < 1.29 is 27.4 Å². The normalized spacial score (nSPS) is 16.2. The third kappa shape index (κ3) is 4.30. The molecule has 0 saturated heterocycles. The highest BCUT2D eigenvalue weighted by atomic mass is 19.4. The molecule has 0 fully saturated rings. The molecule has 0 saturated carbocycles. The van der Waals surface area contributed by atoms with Gasteiger partial charge in [-0.1, -0.05) is 36.4 Å². The van der Waals surface area contributed by atoms with Crippen LogP contribution in [0, 0.1) is 0 Å². The van der Waals surface area contributed by atoms with E-state index in [-0.39, 0.29) is 5.69 Å². The number of alkyl halides is 3. The molecule has 2 aliphatic heterocycles. The predicted octanol–water partition coefficient (Wildman–Crippen LogP) is 5.66. The standard InChI is InChI=1S/C28H19F3N4O3/c29-28(30,31)26-22(27(36)35(33-26)21-9-5-2-6-10-21)15-19-17-34(20-7-3-1-4-8-20)32-25(19)18-11-12-23-24(16-18)38-14-13-37-23/h1-12,15-17H,13-14H2/b22-15-. The average molecular weight is 516 g/mol. The van der Waals surface area contributed by atoms with Crippen LogP contribution < -0.4 is 14.5 Å². The van der Waals surface area contributed by atoms with Gasteiger partial charge in [0, 0.05) is 17.3 Å². The number of carbonyl (C=O) groups is 1. The van der Waals surface area contributed by atoms with Crippen molar-refractivity contribution in [2.75, 3.05) is 18.2 Å². The van der Waals surface area contributed by atoms with Gasteiger partial charge in [-0.2, -0.15) is 28.4 Å². The Kier molecular flexibility index (Phi) is 5.71. The van der Waals surface area contributed by atoms with Gasteiger partial charge in [0.25, 0.3) is 5.91 Å². The summed E-state index contributed by atoms with van der Waals surface area (Å²) in [4.78, 5) is 13.3. The molecule has 6 rings (SSSR count). The second kappa shape index (κ2) is 9.22. The Bertz CT molecular complexity index is 1580. The van der Waals surface area contributed by atoms with E-state index in [1.54, 1.807) is 47.3 Å². The number of benzene rings is 3. The highest BCUT2D eigenvalue weighted by Gasteiger charge is 2.47. The van der Waals surface area contributed by atoms with Crippen molar-refractivity contribution in [3.63, 3.8) is 0 Å². The van der Waals surface area contributed by atoms with E-state index in [0.717, 1.165) is 5.01 Å². The monoisotopic (exact) mass is 516 g/mol. The first-order valence-corrected chi connectivity index (χ1v) is 11.7. The quantitative estimate of drug-likeness (QED) is 0.329. The molecule has 1 aromatic heterocycles. The van der Waals surface area contributed by atoms with Crippen LogP contribution in [0.5, 0.6) is 11.5 Å². The summed E-state index contributed by atoms with van der Waals surface area (Å²) in [5, 5.41) is 9.08. The average Bonchev–Trinajstić information content (AvgIpc) is 3.51. The van der Waals surface area contributed by atoms with Gasteiger partial charge < -0.3 is 9.47 Å². The summed E-state index contributed by atoms with van der Waals surface area (Å²) in [6.07, 6.45) is -2.07. The second-order valence-corrected chi connectivity index (χ2v) is 8.53. The number of ether oxygens (including phenoxy) is 2. The Morgan fingerprint density at radius 1 is 0.842 bits per heavy atom. The molecule has 190 valence electrons. The molecular weight excluding hydrogens is 497 g/mol. The highest BCUT2D eigenvalue weighted by molar-refractivity contribution is 6.34. The van der Waals surface area contributed by atoms with Crippen LogP contribution in [0.15, 0.2) is 95.7 Å². The van der Waals surface area contributed by atoms with Crippen molar-refractivity contribution in [3.8, 4) is 28.4 Å². The van der Waals surface area contributed by atoms with E-state index in [1.165, 1.54) is 18.2 Å². The van der Waals surface area contributed by atoms with Gasteiger partial charge in [-0.25, -0.2) is 4.68 Å². The van der Waals surface area contributed by atoms with Crippen LogP contribution in [0.3, 0.4) is 0 Å². The van der Waals surface area contributed by atoms with Crippen LogP contribution in [0.4, 0.5) is 18.9 Å². The minimum absolute atomic E-state index is 0.231. The van der Waals surface area contributed by atoms with Gasteiger partial charge in [-0.3, -0.25) is 4.79 Å². The Labute approximate surface area is 215 Å². The van der Waals surface area contributed by atoms with Gasteiger partial charge >= 0.3 is 6.18 Å². The maximum absolute atomic E-state index is 14.1. The summed E-state index contributed by atoms with van der Waals surface area (Å²) >= 11 is 0. The van der Waals surface area contributed by atoms with Gasteiger partial charge in [0.05, 0.1) is 16.9 Å². The topological polar surface area (TPSA) is 69.0 Å². The van der Waals surface area contributed by atoms with Gasteiger partial charge in [-0.15, -0.1) is 0 Å². The molecule has 0 bridgehead atoms. The molecule has 38 heavy (non-hydrogen) atoms. The number of nitrogens with zero attached hydrogens (tertiary/aromatic N) is 4. The zero-order valence-electron chi connectivity index (χ0n) is 19.7. The smallest absolute Gasteiger partial charge is 0.435 e. The minimum atomic E-state index is -4.85. The first-order chi connectivity index (χ1) is 18.4. The molecule has 1 amide bonds. The zero-order valence-corrected chi connectivity index (χ0v) is 19.7. The largest absolute Gasteiger partial charge is 0.486 e. The van der Waals surface area contributed by atoms with Crippen LogP contribution in [-0.2, 0) is 4.79 Å². The number of para-hydroxylation sites is 2. The van der Waals surface area contributed by atoms with Gasteiger partial charge in [-0.05, 0) is 48.5 Å². The first kappa shape index (κ1) is 23.5. The predicted molar refractivity (Wildman–Crippen MR) is 135 cm³/mol. The fraction of sp³-hybridized carbons (Fsp3) is 0.107. The fourth-order valence-corrected chi connectivity index (χ4v) is 4.27. The van der Waals surface area contributed by atoms with E-state index in [9.17, 15) is 18.0 Å². The van der Waals surface area contributed by atoms with E-state index in [1.807, 2.05) is 30.3 Å². The van der Waals surface area contributed by atoms with E-state index >= 15 is 0 Å². The van der Waals surface area contributed by atoms with Crippen molar-refractivity contribution in [3.05, 3.63) is 96.2 Å². The van der Waals surface area contributed by atoms with Gasteiger partial charge in [0.2, 0.25) is 0 Å². The van der Waals surface area contributed by atoms with Crippen molar-refractivity contribution >= 4 is 23.4 Å². The number of halogens is 3. The van der Waals surface area contributed by atoms with Crippen molar-refractivity contribution in [2.24, 2.45) is 5.10 Å². The minimum Gasteiger partial charge on any atom is -0.486 e. The number of hydrazone groups is 1. The lowest BCUT2D eigenvalue weighted by Crippen LogP contribution is -2.25. The molecule has 0 atom stereocenters. The number of hydrogen-bond donors (Lipinski definition) is 0. The van der Waals surface area contributed by atoms with Crippen molar-refractivity contribution in [1.29, 1.82) is 0 Å². The second-order valence-electron chi connectivity index (χ2n) is 8.53. The molecule has 3 aromatic carbocycles. The fourth-order valence-electron chi connectivity index (χ4n) is 4.27. The molecule has 2 aliphatic rings. The third-order valence-corrected chi connectivity index (χ3v) is 6.03. The number of rotatable bonds is 4. The van der Waals surface area contributed by atoms with E-state index in [2.05, 4.69) is 10.2 Å². The maximum atomic E-state index is 14.1. The first-order valence-electron chi connectivity index (χ1n) is 11.7. The zero-order chi connectivity index (χ0) is 26.3. The van der Waals surface area contributed by atoms with Crippen LogP contribution in [-0.4, -0.2) is 40.8 Å². The number of amides is 1. The summed E-state index contributed by atoms with van der Waals surface area (Å²) in [5.41, 5.74) is 0.344. The molecular formula is C28H19F3N4O3. The Morgan fingerprint density at radius 3 is 2.18 bits per heavy atom. The van der Waals surface area contributed by atoms with Gasteiger partial charge in [0.15, 0.2) is 17.2 Å². The van der Waals surface area contributed by atoms with E-state index in [4.69, 9.17) is 9.47 Å². The van der Waals surface area contributed by atoms with Crippen LogP contribution in [0.2, 0.25) is 0 Å².